The van der Waals surface area contributed by atoms with Gasteiger partial charge in [0.2, 0.25) is 0 Å². The molecule has 0 unspecified atom stereocenters. The van der Waals surface area contributed by atoms with Gasteiger partial charge in [-0.1, -0.05) is 37.2 Å². The van der Waals surface area contributed by atoms with Crippen LogP contribution >= 0.6 is 23.4 Å². The molecule has 1 heterocycles. The molecule has 6 heteroatoms. The van der Waals surface area contributed by atoms with Gasteiger partial charge >= 0.3 is 0 Å². The first-order valence-electron chi connectivity index (χ1n) is 4.43. The summed E-state index contributed by atoms with van der Waals surface area (Å²) in [6, 6.07) is 0. The molecule has 1 aromatic rings. The highest BCUT2D eigenvalue weighted by molar-refractivity contribution is 7.98. The van der Waals surface area contributed by atoms with Gasteiger partial charge in [0.15, 0.2) is 10.3 Å². The van der Waals surface area contributed by atoms with Crippen molar-refractivity contribution in [2.24, 2.45) is 5.92 Å². The minimum Gasteiger partial charge on any atom is -0.394 e. The van der Waals surface area contributed by atoms with Crippen LogP contribution in [0, 0.1) is 11.3 Å². The van der Waals surface area contributed by atoms with E-state index in [9.17, 15) is 0 Å². The Morgan fingerprint density at radius 2 is 2.07 bits per heavy atom. The van der Waals surface area contributed by atoms with Gasteiger partial charge in [0.1, 0.15) is 5.69 Å². The molecule has 82 valence electrons. The fraction of sp³-hybridized carbons (Fsp3) is 0.444. The molecule has 0 aliphatic rings. The summed E-state index contributed by atoms with van der Waals surface area (Å²) in [6.07, 6.45) is 1.85. The molecule has 0 spiro atoms. The lowest BCUT2D eigenvalue weighted by molar-refractivity contribution is 0.860. The molecule has 0 atom stereocenters. The second-order valence-electron chi connectivity index (χ2n) is 3.33. The molecule has 0 saturated carbocycles. The molecule has 0 aromatic carbocycles. The standard InChI is InChI=1S/C9H13ClN4S/c1-4(2)5(11)7-6(12)8(10)14-9(13-7)15-3/h4,11H,12H2,1-3H3. The minimum atomic E-state index is 0.0629. The van der Waals surface area contributed by atoms with Gasteiger partial charge in [-0.2, -0.15) is 0 Å². The van der Waals surface area contributed by atoms with Crippen molar-refractivity contribution in [3.05, 3.63) is 10.8 Å². The first kappa shape index (κ1) is 12.3. The van der Waals surface area contributed by atoms with Crippen LogP contribution in [0.3, 0.4) is 0 Å². The fourth-order valence-corrected chi connectivity index (χ4v) is 1.58. The van der Waals surface area contributed by atoms with Crippen molar-refractivity contribution in [2.45, 2.75) is 19.0 Å². The van der Waals surface area contributed by atoms with E-state index < -0.39 is 0 Å². The van der Waals surface area contributed by atoms with Crippen molar-refractivity contribution < 1.29 is 0 Å². The largest absolute Gasteiger partial charge is 0.394 e. The van der Waals surface area contributed by atoms with E-state index in [0.29, 0.717) is 16.6 Å². The lowest BCUT2D eigenvalue weighted by Gasteiger charge is -2.11. The van der Waals surface area contributed by atoms with Crippen LogP contribution in [0.25, 0.3) is 0 Å². The minimum absolute atomic E-state index is 0.0629. The van der Waals surface area contributed by atoms with E-state index in [1.165, 1.54) is 11.8 Å². The van der Waals surface area contributed by atoms with Gasteiger partial charge in [0.25, 0.3) is 0 Å². The number of nitrogens with two attached hydrogens (primary N) is 1. The van der Waals surface area contributed by atoms with Crippen molar-refractivity contribution in [3.8, 4) is 0 Å². The number of hydrogen-bond acceptors (Lipinski definition) is 5. The van der Waals surface area contributed by atoms with Crippen LogP contribution in [-0.2, 0) is 0 Å². The molecule has 1 rings (SSSR count). The summed E-state index contributed by atoms with van der Waals surface area (Å²) in [7, 11) is 0. The van der Waals surface area contributed by atoms with E-state index in [0.717, 1.165) is 0 Å². The SMILES string of the molecule is CSc1nc(Cl)c(N)c(C(=N)C(C)C)n1. The van der Waals surface area contributed by atoms with Crippen LogP contribution in [0.4, 0.5) is 5.69 Å². The third kappa shape index (κ3) is 2.60. The van der Waals surface area contributed by atoms with Gasteiger partial charge in [0.05, 0.1) is 11.4 Å². The normalized spacial score (nSPS) is 10.7. The van der Waals surface area contributed by atoms with Crippen LogP contribution < -0.4 is 5.73 Å². The number of rotatable bonds is 3. The van der Waals surface area contributed by atoms with Gasteiger partial charge in [-0.15, -0.1) is 0 Å². The van der Waals surface area contributed by atoms with Crippen LogP contribution in [-0.4, -0.2) is 21.9 Å². The molecule has 15 heavy (non-hydrogen) atoms. The topological polar surface area (TPSA) is 75.7 Å². The van der Waals surface area contributed by atoms with Gasteiger partial charge < -0.3 is 11.1 Å². The van der Waals surface area contributed by atoms with Crippen LogP contribution in [0.2, 0.25) is 5.15 Å². The van der Waals surface area contributed by atoms with Crippen LogP contribution in [0.5, 0.6) is 0 Å². The maximum Gasteiger partial charge on any atom is 0.189 e. The van der Waals surface area contributed by atoms with E-state index in [-0.39, 0.29) is 16.8 Å². The van der Waals surface area contributed by atoms with Gasteiger partial charge in [-0.3, -0.25) is 0 Å². The molecule has 0 fully saturated rings. The van der Waals surface area contributed by atoms with Gasteiger partial charge in [-0.05, 0) is 12.2 Å². The Hall–Kier alpha value is -0.810. The number of hydrogen-bond donors (Lipinski definition) is 2. The smallest absolute Gasteiger partial charge is 0.189 e. The lowest BCUT2D eigenvalue weighted by atomic mass is 10.0. The van der Waals surface area contributed by atoms with Crippen molar-refractivity contribution in [3.63, 3.8) is 0 Å². The Morgan fingerprint density at radius 3 is 2.53 bits per heavy atom. The highest BCUT2D eigenvalue weighted by atomic mass is 35.5. The monoisotopic (exact) mass is 244 g/mol. The predicted octanol–water partition coefficient (Wildman–Crippen LogP) is 2.46. The van der Waals surface area contributed by atoms with Gasteiger partial charge in [-0.25, -0.2) is 9.97 Å². The zero-order valence-corrected chi connectivity index (χ0v) is 10.4. The molecule has 1 aromatic heterocycles. The summed E-state index contributed by atoms with van der Waals surface area (Å²) in [5.41, 5.74) is 6.84. The maximum atomic E-state index is 7.86. The number of thioether (sulfide) groups is 1. The van der Waals surface area contributed by atoms with E-state index in [1.807, 2.05) is 20.1 Å². The molecule has 0 saturated heterocycles. The summed E-state index contributed by atoms with van der Waals surface area (Å²) in [6.45, 7) is 3.83. The Kier molecular flexibility index (Phi) is 3.93. The second kappa shape index (κ2) is 4.81. The third-order valence-electron chi connectivity index (χ3n) is 1.89. The number of nitrogen functional groups attached to an aromatic ring is 1. The molecular weight excluding hydrogens is 232 g/mol. The Bertz CT molecular complexity index is 392. The Labute approximate surface area is 98.1 Å². The van der Waals surface area contributed by atoms with Crippen molar-refractivity contribution in [1.29, 1.82) is 5.41 Å². The summed E-state index contributed by atoms with van der Waals surface area (Å²) < 4.78 is 0. The highest BCUT2D eigenvalue weighted by Crippen LogP contribution is 2.24. The summed E-state index contributed by atoms with van der Waals surface area (Å²) in [4.78, 5) is 8.18. The van der Waals surface area contributed by atoms with E-state index in [4.69, 9.17) is 22.7 Å². The molecule has 0 aliphatic carbocycles. The number of nitrogens with one attached hydrogen (secondary N) is 1. The number of halogens is 1. The Balaban J connectivity index is 3.27. The summed E-state index contributed by atoms with van der Waals surface area (Å²) in [5.74, 6) is 0.0629. The Morgan fingerprint density at radius 1 is 1.47 bits per heavy atom. The quantitative estimate of drug-likeness (QED) is 0.371. The second-order valence-corrected chi connectivity index (χ2v) is 4.46. The number of nitrogens with zero attached hydrogens (tertiary/aromatic N) is 2. The molecule has 0 amide bonds. The van der Waals surface area contributed by atoms with E-state index in [1.54, 1.807) is 0 Å². The van der Waals surface area contributed by atoms with Gasteiger partial charge in [0, 0.05) is 0 Å². The van der Waals surface area contributed by atoms with Crippen molar-refractivity contribution in [1.82, 2.24) is 9.97 Å². The lowest BCUT2D eigenvalue weighted by Crippen LogP contribution is -2.14. The molecular formula is C9H13ClN4S. The van der Waals surface area contributed by atoms with Crippen molar-refractivity contribution >= 4 is 34.8 Å². The maximum absolute atomic E-state index is 7.86. The summed E-state index contributed by atoms with van der Waals surface area (Å²) >= 11 is 7.24. The third-order valence-corrected chi connectivity index (χ3v) is 2.73. The predicted molar refractivity (Wildman–Crippen MR) is 64.9 cm³/mol. The van der Waals surface area contributed by atoms with Crippen LogP contribution in [0.15, 0.2) is 5.16 Å². The molecule has 3 N–H and O–H groups in total. The summed E-state index contributed by atoms with van der Waals surface area (Å²) in [5, 5.41) is 8.61. The van der Waals surface area contributed by atoms with E-state index in [2.05, 4.69) is 9.97 Å². The number of anilines is 1. The average molecular weight is 245 g/mol. The molecule has 4 nitrogen and oxygen atoms in total. The van der Waals surface area contributed by atoms with Crippen molar-refractivity contribution in [2.75, 3.05) is 12.0 Å². The average Bonchev–Trinajstić information content (AvgIpc) is 2.20. The highest BCUT2D eigenvalue weighted by Gasteiger charge is 2.16. The zero-order chi connectivity index (χ0) is 11.6. The number of aromatic nitrogens is 2. The fourth-order valence-electron chi connectivity index (χ4n) is 0.993. The zero-order valence-electron chi connectivity index (χ0n) is 8.84. The van der Waals surface area contributed by atoms with Crippen LogP contribution in [0.1, 0.15) is 19.5 Å². The first-order chi connectivity index (χ1) is 6.97. The molecule has 0 aliphatic heterocycles. The molecule has 0 radical (unpaired) electrons. The molecule has 0 bridgehead atoms. The first-order valence-corrected chi connectivity index (χ1v) is 6.03. The van der Waals surface area contributed by atoms with E-state index >= 15 is 0 Å².